The minimum absolute atomic E-state index is 0.0564. The number of hydrogen-bond acceptors (Lipinski definition) is 7. The Bertz CT molecular complexity index is 1200. The number of aliphatic hydroxyl groups excluding tert-OH is 1. The standard InChI is InChI=1S/C26H33N3O5S/c1-17-10-11-21(18-6-3-2-4-7-18)22(14-17)34-26(12-13-26)25(31)29-35(32,33)24-9-5-8-23(28-24)27-19-15-20(30)16-19/h5,8-11,14,18-20,30H,2-4,6-7,12-13,15-16H2,1H3,(H,27,28)(H,29,31)/t19-,20-. The summed E-state index contributed by atoms with van der Waals surface area (Å²) in [5.41, 5.74) is 0.969. The van der Waals surface area contributed by atoms with Crippen LogP contribution in [0.3, 0.4) is 0 Å². The number of carbonyl (C=O) groups is 1. The highest BCUT2D eigenvalue weighted by molar-refractivity contribution is 7.90. The number of amides is 1. The Labute approximate surface area is 206 Å². The Balaban J connectivity index is 1.30. The zero-order chi connectivity index (χ0) is 24.6. The number of anilines is 1. The van der Waals surface area contributed by atoms with Crippen LogP contribution in [0.25, 0.3) is 0 Å². The van der Waals surface area contributed by atoms with E-state index in [0.29, 0.717) is 43.2 Å². The summed E-state index contributed by atoms with van der Waals surface area (Å²) in [5, 5.41) is 12.3. The lowest BCUT2D eigenvalue weighted by molar-refractivity contribution is -0.128. The molecule has 0 unspecified atom stereocenters. The normalized spacial score (nSPS) is 23.7. The molecule has 3 saturated carbocycles. The molecule has 3 aliphatic carbocycles. The Morgan fingerprint density at radius 2 is 1.86 bits per heavy atom. The molecule has 0 bridgehead atoms. The topological polar surface area (TPSA) is 118 Å². The summed E-state index contributed by atoms with van der Waals surface area (Å²) < 4.78 is 34.5. The van der Waals surface area contributed by atoms with Crippen LogP contribution in [0.5, 0.6) is 5.75 Å². The fraction of sp³-hybridized carbons (Fsp3) is 0.538. The zero-order valence-electron chi connectivity index (χ0n) is 20.0. The molecule has 35 heavy (non-hydrogen) atoms. The Hall–Kier alpha value is -2.65. The van der Waals surface area contributed by atoms with Crippen molar-refractivity contribution in [3.63, 3.8) is 0 Å². The van der Waals surface area contributed by atoms with Crippen molar-refractivity contribution in [2.45, 2.75) is 93.4 Å². The number of aryl methyl sites for hydroxylation is 1. The summed E-state index contributed by atoms with van der Waals surface area (Å²) in [6, 6.07) is 10.8. The molecule has 0 spiro atoms. The van der Waals surface area contributed by atoms with Gasteiger partial charge in [-0.25, -0.2) is 9.71 Å². The van der Waals surface area contributed by atoms with Crippen molar-refractivity contribution in [2.24, 2.45) is 0 Å². The zero-order valence-corrected chi connectivity index (χ0v) is 20.8. The van der Waals surface area contributed by atoms with Gasteiger partial charge in [-0.05, 0) is 67.9 Å². The summed E-state index contributed by atoms with van der Waals surface area (Å²) in [6.45, 7) is 1.98. The molecule has 0 saturated heterocycles. The van der Waals surface area contributed by atoms with Crippen LogP contribution >= 0.6 is 0 Å². The third-order valence-corrected chi connectivity index (χ3v) is 8.56. The molecule has 5 rings (SSSR count). The number of hydrogen-bond donors (Lipinski definition) is 3. The summed E-state index contributed by atoms with van der Waals surface area (Å²) in [6.07, 6.45) is 7.60. The van der Waals surface area contributed by atoms with Gasteiger partial charge in [0.25, 0.3) is 15.9 Å². The van der Waals surface area contributed by atoms with Crippen molar-refractivity contribution in [3.8, 4) is 5.75 Å². The van der Waals surface area contributed by atoms with E-state index in [-0.39, 0.29) is 17.2 Å². The van der Waals surface area contributed by atoms with E-state index < -0.39 is 21.5 Å². The Morgan fingerprint density at radius 1 is 1.11 bits per heavy atom. The molecule has 9 heteroatoms. The molecule has 1 aromatic heterocycles. The number of aromatic nitrogens is 1. The number of aliphatic hydroxyl groups is 1. The number of nitrogens with one attached hydrogen (secondary N) is 2. The highest BCUT2D eigenvalue weighted by Gasteiger charge is 2.54. The number of ether oxygens (including phenoxy) is 1. The van der Waals surface area contributed by atoms with Crippen LogP contribution in [0.4, 0.5) is 5.82 Å². The van der Waals surface area contributed by atoms with E-state index >= 15 is 0 Å². The molecule has 2 aromatic rings. The van der Waals surface area contributed by atoms with Gasteiger partial charge in [-0.1, -0.05) is 37.5 Å². The second-order valence-corrected chi connectivity index (χ2v) is 11.9. The summed E-state index contributed by atoms with van der Waals surface area (Å²) in [5.74, 6) is 0.828. The van der Waals surface area contributed by atoms with Crippen LogP contribution in [0, 0.1) is 6.92 Å². The number of benzene rings is 1. The van der Waals surface area contributed by atoms with Gasteiger partial charge >= 0.3 is 0 Å². The molecule has 0 aliphatic heterocycles. The van der Waals surface area contributed by atoms with Crippen LogP contribution in [-0.2, 0) is 14.8 Å². The van der Waals surface area contributed by atoms with Gasteiger partial charge < -0.3 is 15.2 Å². The number of pyridine rings is 1. The van der Waals surface area contributed by atoms with Gasteiger partial charge in [0, 0.05) is 18.9 Å². The molecule has 8 nitrogen and oxygen atoms in total. The highest BCUT2D eigenvalue weighted by atomic mass is 32.2. The van der Waals surface area contributed by atoms with E-state index in [1.165, 1.54) is 25.3 Å². The fourth-order valence-corrected chi connectivity index (χ4v) is 6.02. The van der Waals surface area contributed by atoms with E-state index in [0.717, 1.165) is 24.0 Å². The molecule has 3 fully saturated rings. The van der Waals surface area contributed by atoms with Gasteiger partial charge in [0.05, 0.1) is 6.10 Å². The van der Waals surface area contributed by atoms with Crippen molar-refractivity contribution in [1.82, 2.24) is 9.71 Å². The minimum Gasteiger partial charge on any atom is -0.477 e. The SMILES string of the molecule is Cc1ccc(C2CCCCC2)c(OC2(C(=O)NS(=O)(=O)c3cccc(N[C@H]4C[C@H](O)C4)n3)CC2)c1. The molecule has 3 N–H and O–H groups in total. The quantitative estimate of drug-likeness (QED) is 0.506. The maximum Gasteiger partial charge on any atom is 0.281 e. The lowest BCUT2D eigenvalue weighted by Gasteiger charge is -2.32. The first kappa shape index (κ1) is 24.1. The number of nitrogens with zero attached hydrogens (tertiary/aromatic N) is 1. The van der Waals surface area contributed by atoms with Gasteiger partial charge in [0.1, 0.15) is 11.6 Å². The van der Waals surface area contributed by atoms with E-state index in [1.54, 1.807) is 12.1 Å². The maximum atomic E-state index is 13.2. The molecule has 0 radical (unpaired) electrons. The predicted molar refractivity (Wildman–Crippen MR) is 132 cm³/mol. The first-order valence-electron chi connectivity index (χ1n) is 12.5. The molecule has 1 aromatic carbocycles. The largest absolute Gasteiger partial charge is 0.477 e. The second-order valence-electron chi connectivity index (χ2n) is 10.2. The third-order valence-electron chi connectivity index (χ3n) is 7.33. The highest BCUT2D eigenvalue weighted by Crippen LogP contribution is 2.45. The van der Waals surface area contributed by atoms with Gasteiger partial charge in [-0.2, -0.15) is 8.42 Å². The molecule has 0 atom stereocenters. The summed E-state index contributed by atoms with van der Waals surface area (Å²) in [7, 11) is -4.17. The van der Waals surface area contributed by atoms with Crippen LogP contribution < -0.4 is 14.8 Å². The molecule has 1 heterocycles. The first-order valence-corrected chi connectivity index (χ1v) is 14.0. The summed E-state index contributed by atoms with van der Waals surface area (Å²) in [4.78, 5) is 17.3. The van der Waals surface area contributed by atoms with E-state index in [9.17, 15) is 18.3 Å². The van der Waals surface area contributed by atoms with Crippen molar-refractivity contribution in [3.05, 3.63) is 47.5 Å². The second kappa shape index (κ2) is 9.43. The lowest BCUT2D eigenvalue weighted by Crippen LogP contribution is -2.43. The predicted octanol–water partition coefficient (Wildman–Crippen LogP) is 3.79. The van der Waals surface area contributed by atoms with Crippen LogP contribution in [-0.4, -0.2) is 42.2 Å². The van der Waals surface area contributed by atoms with Crippen molar-refractivity contribution in [1.29, 1.82) is 0 Å². The van der Waals surface area contributed by atoms with Crippen LogP contribution in [0.1, 0.15) is 74.8 Å². The number of sulfonamides is 1. The maximum absolute atomic E-state index is 13.2. The average molecular weight is 500 g/mol. The Kier molecular flexibility index (Phi) is 6.48. The molecule has 3 aliphatic rings. The van der Waals surface area contributed by atoms with Gasteiger partial charge in [0.2, 0.25) is 0 Å². The average Bonchev–Trinajstić information content (AvgIpc) is 3.59. The van der Waals surface area contributed by atoms with E-state index in [4.69, 9.17) is 4.74 Å². The number of carbonyl (C=O) groups excluding carboxylic acids is 1. The number of rotatable bonds is 8. The monoisotopic (exact) mass is 499 g/mol. The minimum atomic E-state index is -4.17. The van der Waals surface area contributed by atoms with Crippen LogP contribution in [0.2, 0.25) is 0 Å². The molecule has 1 amide bonds. The van der Waals surface area contributed by atoms with E-state index in [1.807, 2.05) is 13.0 Å². The van der Waals surface area contributed by atoms with Crippen molar-refractivity contribution in [2.75, 3.05) is 5.32 Å². The smallest absolute Gasteiger partial charge is 0.281 e. The van der Waals surface area contributed by atoms with Gasteiger partial charge in [0.15, 0.2) is 10.6 Å². The van der Waals surface area contributed by atoms with Gasteiger partial charge in [-0.15, -0.1) is 0 Å². The molecular formula is C26H33N3O5S. The third kappa shape index (κ3) is 5.30. The fourth-order valence-electron chi connectivity index (χ4n) is 5.01. The van der Waals surface area contributed by atoms with Crippen LogP contribution in [0.15, 0.2) is 41.4 Å². The van der Waals surface area contributed by atoms with E-state index in [2.05, 4.69) is 27.2 Å². The lowest BCUT2D eigenvalue weighted by atomic mass is 9.83. The van der Waals surface area contributed by atoms with Crippen molar-refractivity contribution < 1.29 is 23.1 Å². The molecule has 188 valence electrons. The summed E-state index contributed by atoms with van der Waals surface area (Å²) >= 11 is 0. The first-order chi connectivity index (χ1) is 16.7. The Morgan fingerprint density at radius 3 is 2.54 bits per heavy atom. The molecular weight excluding hydrogens is 466 g/mol. The van der Waals surface area contributed by atoms with Gasteiger partial charge in [-0.3, -0.25) is 4.79 Å². The van der Waals surface area contributed by atoms with Crippen molar-refractivity contribution >= 4 is 21.7 Å².